The van der Waals surface area contributed by atoms with E-state index in [1.807, 2.05) is 13.8 Å². The highest BCUT2D eigenvalue weighted by molar-refractivity contribution is 6.40. The van der Waals surface area contributed by atoms with Crippen LogP contribution in [0.4, 0.5) is 10.5 Å². The molecule has 168 valence electrons. The summed E-state index contributed by atoms with van der Waals surface area (Å²) < 4.78 is 11.3. The summed E-state index contributed by atoms with van der Waals surface area (Å²) in [6.45, 7) is 6.34. The van der Waals surface area contributed by atoms with Crippen molar-refractivity contribution in [1.29, 1.82) is 0 Å². The number of anilines is 1. The van der Waals surface area contributed by atoms with Crippen LogP contribution in [0.1, 0.15) is 31.4 Å². The maximum Gasteiger partial charge on any atom is 0.335 e. The Morgan fingerprint density at radius 2 is 1.81 bits per heavy atom. The molecule has 0 spiro atoms. The van der Waals surface area contributed by atoms with Crippen LogP contribution in [0, 0.1) is 6.92 Å². The number of hydrogen-bond acceptors (Lipinski definition) is 5. The number of urea groups is 1. The number of nitrogens with one attached hydrogen (secondary N) is 1. The van der Waals surface area contributed by atoms with Gasteiger partial charge in [-0.3, -0.25) is 14.9 Å². The Bertz CT molecular complexity index is 1110. The molecule has 0 bridgehead atoms. The summed E-state index contributed by atoms with van der Waals surface area (Å²) in [6, 6.07) is 7.16. The number of ether oxygens (including phenoxy) is 2. The number of carbonyl (C=O) groups excluding carboxylic acids is 3. The lowest BCUT2D eigenvalue weighted by Crippen LogP contribution is -2.54. The van der Waals surface area contributed by atoms with Crippen LogP contribution in [0.25, 0.3) is 6.08 Å². The van der Waals surface area contributed by atoms with Crippen molar-refractivity contribution in [3.05, 3.63) is 57.1 Å². The highest BCUT2D eigenvalue weighted by atomic mass is 35.5. The lowest BCUT2D eigenvalue weighted by atomic mass is 10.1. The Morgan fingerprint density at radius 1 is 1.06 bits per heavy atom. The summed E-state index contributed by atoms with van der Waals surface area (Å²) in [5.41, 5.74) is 1.14. The number of rotatable bonds is 7. The van der Waals surface area contributed by atoms with E-state index in [1.165, 1.54) is 12.1 Å². The average molecular weight is 477 g/mol. The number of imide groups is 2. The molecule has 1 saturated heterocycles. The van der Waals surface area contributed by atoms with Crippen LogP contribution >= 0.6 is 23.2 Å². The highest BCUT2D eigenvalue weighted by Crippen LogP contribution is 2.38. The Labute approximate surface area is 195 Å². The van der Waals surface area contributed by atoms with Crippen LogP contribution < -0.4 is 19.7 Å². The van der Waals surface area contributed by atoms with Gasteiger partial charge in [0.25, 0.3) is 11.8 Å². The molecule has 32 heavy (non-hydrogen) atoms. The van der Waals surface area contributed by atoms with Crippen molar-refractivity contribution in [1.82, 2.24) is 5.32 Å². The molecule has 4 amide bonds. The van der Waals surface area contributed by atoms with E-state index in [0.717, 1.165) is 11.3 Å². The van der Waals surface area contributed by atoms with E-state index in [-0.39, 0.29) is 16.3 Å². The third kappa shape index (κ3) is 4.89. The fourth-order valence-corrected chi connectivity index (χ4v) is 3.58. The smallest absolute Gasteiger partial charge is 0.335 e. The van der Waals surface area contributed by atoms with E-state index < -0.39 is 17.8 Å². The molecule has 0 aromatic heterocycles. The Balaban J connectivity index is 2.05. The first-order valence-electron chi connectivity index (χ1n) is 10.0. The number of nitrogens with zero attached hydrogens (tertiary/aromatic N) is 1. The van der Waals surface area contributed by atoms with E-state index in [1.54, 1.807) is 31.2 Å². The summed E-state index contributed by atoms with van der Waals surface area (Å²) in [5.74, 6) is -0.799. The van der Waals surface area contributed by atoms with Crippen molar-refractivity contribution in [3.8, 4) is 11.5 Å². The number of barbiturate groups is 1. The highest BCUT2D eigenvalue weighted by Gasteiger charge is 2.37. The number of benzene rings is 2. The summed E-state index contributed by atoms with van der Waals surface area (Å²) >= 11 is 12.4. The lowest BCUT2D eigenvalue weighted by Gasteiger charge is -2.27. The lowest BCUT2D eigenvalue weighted by molar-refractivity contribution is -0.122. The molecule has 0 unspecified atom stereocenters. The van der Waals surface area contributed by atoms with Crippen LogP contribution in [0.15, 0.2) is 35.9 Å². The SMILES string of the molecule is CCCOc1c(Cl)cc(/C=C2\C(=O)NC(=O)N(c3cc(Cl)ccc3C)C2=O)cc1OCC. The molecule has 7 nitrogen and oxygen atoms in total. The monoisotopic (exact) mass is 476 g/mol. The molecule has 0 radical (unpaired) electrons. The Kier molecular flexibility index (Phi) is 7.43. The predicted octanol–water partition coefficient (Wildman–Crippen LogP) is 5.16. The average Bonchev–Trinajstić information content (AvgIpc) is 2.73. The van der Waals surface area contributed by atoms with Crippen LogP contribution in [-0.4, -0.2) is 31.1 Å². The van der Waals surface area contributed by atoms with Gasteiger partial charge in [-0.1, -0.05) is 36.2 Å². The zero-order chi connectivity index (χ0) is 23.4. The minimum atomic E-state index is -0.848. The number of amides is 4. The molecule has 0 saturated carbocycles. The van der Waals surface area contributed by atoms with Gasteiger partial charge in [0, 0.05) is 5.02 Å². The fourth-order valence-electron chi connectivity index (χ4n) is 3.14. The molecule has 0 atom stereocenters. The normalized spacial score (nSPS) is 15.2. The number of hydrogen-bond donors (Lipinski definition) is 1. The zero-order valence-electron chi connectivity index (χ0n) is 17.8. The third-order valence-electron chi connectivity index (χ3n) is 4.61. The largest absolute Gasteiger partial charge is 0.490 e. The number of carbonyl (C=O) groups is 3. The van der Waals surface area contributed by atoms with Gasteiger partial charge in [0.15, 0.2) is 11.5 Å². The second-order valence-electron chi connectivity index (χ2n) is 7.00. The van der Waals surface area contributed by atoms with E-state index in [0.29, 0.717) is 40.9 Å². The molecular formula is C23H22Cl2N2O5. The molecule has 2 aromatic carbocycles. The molecule has 3 rings (SSSR count). The van der Waals surface area contributed by atoms with Crippen LogP contribution in [-0.2, 0) is 9.59 Å². The van der Waals surface area contributed by atoms with Gasteiger partial charge in [0.05, 0.1) is 23.9 Å². The first kappa shape index (κ1) is 23.6. The minimum absolute atomic E-state index is 0.232. The molecular weight excluding hydrogens is 455 g/mol. The van der Waals surface area contributed by atoms with E-state index in [9.17, 15) is 14.4 Å². The van der Waals surface area contributed by atoms with Crippen molar-refractivity contribution in [3.63, 3.8) is 0 Å². The second-order valence-corrected chi connectivity index (χ2v) is 7.84. The van der Waals surface area contributed by atoms with Crippen LogP contribution in [0.2, 0.25) is 10.0 Å². The number of aryl methyl sites for hydroxylation is 1. The van der Waals surface area contributed by atoms with Crippen LogP contribution in [0.3, 0.4) is 0 Å². The predicted molar refractivity (Wildman–Crippen MR) is 124 cm³/mol. The standard InChI is InChI=1S/C23H22Cl2N2O5/c1-4-8-32-20-17(25)10-14(11-19(20)31-5-2)9-16-21(28)26-23(30)27(22(16)29)18-12-15(24)7-6-13(18)3/h6-7,9-12H,4-5,8H2,1-3H3,(H,26,28,30)/b16-9+. The van der Waals surface area contributed by atoms with Crippen molar-refractivity contribution >= 4 is 52.8 Å². The topological polar surface area (TPSA) is 84.9 Å². The van der Waals surface area contributed by atoms with E-state index >= 15 is 0 Å². The van der Waals surface area contributed by atoms with Gasteiger partial charge < -0.3 is 9.47 Å². The molecule has 1 aliphatic rings. The summed E-state index contributed by atoms with van der Waals surface area (Å²) in [6.07, 6.45) is 2.14. The van der Waals surface area contributed by atoms with Gasteiger partial charge in [-0.05, 0) is 61.7 Å². The molecule has 9 heteroatoms. The zero-order valence-corrected chi connectivity index (χ0v) is 19.3. The fraction of sp³-hybridized carbons (Fsp3) is 0.261. The molecule has 1 aliphatic heterocycles. The van der Waals surface area contributed by atoms with Gasteiger partial charge in [0.2, 0.25) is 0 Å². The third-order valence-corrected chi connectivity index (χ3v) is 5.12. The van der Waals surface area contributed by atoms with Crippen molar-refractivity contribution in [2.45, 2.75) is 27.2 Å². The van der Waals surface area contributed by atoms with Crippen molar-refractivity contribution in [2.24, 2.45) is 0 Å². The van der Waals surface area contributed by atoms with E-state index in [2.05, 4.69) is 5.32 Å². The molecule has 1 heterocycles. The van der Waals surface area contributed by atoms with Gasteiger partial charge >= 0.3 is 6.03 Å². The maximum absolute atomic E-state index is 13.2. The summed E-state index contributed by atoms with van der Waals surface area (Å²) in [4.78, 5) is 39.0. The van der Waals surface area contributed by atoms with Gasteiger partial charge in [-0.2, -0.15) is 0 Å². The molecule has 2 aromatic rings. The molecule has 1 N–H and O–H groups in total. The van der Waals surface area contributed by atoms with Crippen molar-refractivity contribution in [2.75, 3.05) is 18.1 Å². The quantitative estimate of drug-likeness (QED) is 0.440. The molecule has 1 fully saturated rings. The first-order chi connectivity index (χ1) is 15.3. The summed E-state index contributed by atoms with van der Waals surface area (Å²) in [5, 5.41) is 2.82. The summed E-state index contributed by atoms with van der Waals surface area (Å²) in [7, 11) is 0. The Morgan fingerprint density at radius 3 is 2.50 bits per heavy atom. The minimum Gasteiger partial charge on any atom is -0.490 e. The van der Waals surface area contributed by atoms with Gasteiger partial charge in [-0.25, -0.2) is 9.69 Å². The maximum atomic E-state index is 13.2. The first-order valence-corrected chi connectivity index (χ1v) is 10.8. The van der Waals surface area contributed by atoms with Gasteiger partial charge in [-0.15, -0.1) is 0 Å². The van der Waals surface area contributed by atoms with Crippen molar-refractivity contribution < 1.29 is 23.9 Å². The number of halogens is 2. The van der Waals surface area contributed by atoms with E-state index in [4.69, 9.17) is 32.7 Å². The van der Waals surface area contributed by atoms with Gasteiger partial charge in [0.1, 0.15) is 5.57 Å². The Hall–Kier alpha value is -3.03. The molecule has 0 aliphatic carbocycles. The second kappa shape index (κ2) is 10.1. The van der Waals surface area contributed by atoms with Crippen LogP contribution in [0.5, 0.6) is 11.5 Å².